The number of rotatable bonds is 4. The van der Waals surface area contributed by atoms with E-state index in [1.807, 2.05) is 17.0 Å². The van der Waals surface area contributed by atoms with Gasteiger partial charge in [0.2, 0.25) is 5.91 Å². The van der Waals surface area contributed by atoms with Crippen LogP contribution in [-0.4, -0.2) is 73.2 Å². The molecule has 2 saturated heterocycles. The molecule has 3 unspecified atom stereocenters. The SMILES string of the molecule is CC1CN(C(C(=O)N2CCCN(c3ccc(F)cc3)CC2)C(C)C)CC(C)O1. The lowest BCUT2D eigenvalue weighted by atomic mass is 9.99. The molecular weight excluding hydrogens is 357 g/mol. The average Bonchev–Trinajstić information content (AvgIpc) is 2.87. The van der Waals surface area contributed by atoms with Gasteiger partial charge in [-0.1, -0.05) is 13.8 Å². The Hall–Kier alpha value is -1.66. The van der Waals surface area contributed by atoms with Crippen LogP contribution < -0.4 is 4.90 Å². The average molecular weight is 392 g/mol. The van der Waals surface area contributed by atoms with E-state index in [0.29, 0.717) is 6.54 Å². The first-order chi connectivity index (χ1) is 13.3. The van der Waals surface area contributed by atoms with Crippen LogP contribution in [0.1, 0.15) is 34.1 Å². The van der Waals surface area contributed by atoms with E-state index in [4.69, 9.17) is 4.74 Å². The van der Waals surface area contributed by atoms with Gasteiger partial charge in [-0.2, -0.15) is 0 Å². The van der Waals surface area contributed by atoms with Gasteiger partial charge in [-0.25, -0.2) is 4.39 Å². The molecule has 0 aliphatic carbocycles. The van der Waals surface area contributed by atoms with E-state index in [0.717, 1.165) is 44.8 Å². The molecule has 0 bridgehead atoms. The zero-order valence-electron chi connectivity index (χ0n) is 17.6. The number of amides is 1. The highest BCUT2D eigenvalue weighted by molar-refractivity contribution is 5.82. The molecule has 0 radical (unpaired) electrons. The van der Waals surface area contributed by atoms with Crippen molar-refractivity contribution in [2.75, 3.05) is 44.2 Å². The Morgan fingerprint density at radius 1 is 1.04 bits per heavy atom. The molecule has 5 nitrogen and oxygen atoms in total. The highest BCUT2D eigenvalue weighted by Crippen LogP contribution is 2.22. The Labute approximate surface area is 168 Å². The second-order valence-electron chi connectivity index (χ2n) is 8.54. The molecule has 2 fully saturated rings. The maximum Gasteiger partial charge on any atom is 0.240 e. The fourth-order valence-electron chi connectivity index (χ4n) is 4.54. The van der Waals surface area contributed by atoms with Crippen molar-refractivity contribution >= 4 is 11.6 Å². The fraction of sp³-hybridized carbons (Fsp3) is 0.682. The molecule has 2 heterocycles. The van der Waals surface area contributed by atoms with Crippen LogP contribution in [0.2, 0.25) is 0 Å². The summed E-state index contributed by atoms with van der Waals surface area (Å²) in [6.07, 6.45) is 1.22. The number of morpholine rings is 1. The summed E-state index contributed by atoms with van der Waals surface area (Å²) in [7, 11) is 0. The molecule has 1 amide bonds. The molecule has 6 heteroatoms. The normalized spacial score (nSPS) is 25.6. The zero-order chi connectivity index (χ0) is 20.3. The molecular formula is C22H34FN3O2. The van der Waals surface area contributed by atoms with Crippen molar-refractivity contribution in [3.05, 3.63) is 30.1 Å². The molecule has 1 aromatic rings. The van der Waals surface area contributed by atoms with Crippen molar-refractivity contribution in [2.24, 2.45) is 5.92 Å². The minimum absolute atomic E-state index is 0.105. The predicted molar refractivity (Wildman–Crippen MR) is 110 cm³/mol. The van der Waals surface area contributed by atoms with E-state index in [1.54, 1.807) is 0 Å². The molecule has 0 N–H and O–H groups in total. The Morgan fingerprint density at radius 3 is 2.29 bits per heavy atom. The second-order valence-corrected chi connectivity index (χ2v) is 8.54. The molecule has 1 aromatic carbocycles. The molecule has 2 aliphatic rings. The van der Waals surface area contributed by atoms with E-state index in [2.05, 4.69) is 37.5 Å². The maximum absolute atomic E-state index is 13.5. The van der Waals surface area contributed by atoms with Gasteiger partial charge in [0.05, 0.1) is 18.2 Å². The van der Waals surface area contributed by atoms with Gasteiger partial charge in [-0.05, 0) is 50.5 Å². The monoisotopic (exact) mass is 391 g/mol. The molecule has 0 aromatic heterocycles. The van der Waals surface area contributed by atoms with Crippen LogP contribution in [0.5, 0.6) is 0 Å². The third kappa shape index (κ3) is 5.03. The van der Waals surface area contributed by atoms with Crippen LogP contribution in [0.4, 0.5) is 10.1 Å². The van der Waals surface area contributed by atoms with Gasteiger partial charge in [-0.3, -0.25) is 9.69 Å². The Kier molecular flexibility index (Phi) is 6.94. The van der Waals surface area contributed by atoms with Gasteiger partial charge in [0, 0.05) is 45.0 Å². The summed E-state index contributed by atoms with van der Waals surface area (Å²) >= 11 is 0. The third-order valence-electron chi connectivity index (χ3n) is 5.73. The number of anilines is 1. The van der Waals surface area contributed by atoms with Crippen molar-refractivity contribution < 1.29 is 13.9 Å². The Morgan fingerprint density at radius 2 is 1.68 bits per heavy atom. The van der Waals surface area contributed by atoms with E-state index in [9.17, 15) is 9.18 Å². The predicted octanol–water partition coefficient (Wildman–Crippen LogP) is 3.00. The summed E-state index contributed by atoms with van der Waals surface area (Å²) in [5.41, 5.74) is 1.02. The van der Waals surface area contributed by atoms with Crippen LogP contribution in [-0.2, 0) is 9.53 Å². The largest absolute Gasteiger partial charge is 0.373 e. The number of nitrogens with zero attached hydrogens (tertiary/aromatic N) is 3. The molecule has 0 spiro atoms. The fourth-order valence-corrected chi connectivity index (χ4v) is 4.54. The van der Waals surface area contributed by atoms with E-state index in [-0.39, 0.29) is 35.9 Å². The lowest BCUT2D eigenvalue weighted by molar-refractivity contribution is -0.145. The number of carbonyl (C=O) groups is 1. The minimum atomic E-state index is -0.218. The highest BCUT2D eigenvalue weighted by atomic mass is 19.1. The van der Waals surface area contributed by atoms with Gasteiger partial charge < -0.3 is 14.5 Å². The Balaban J connectivity index is 1.67. The number of ether oxygens (including phenoxy) is 1. The van der Waals surface area contributed by atoms with Crippen molar-refractivity contribution in [2.45, 2.75) is 52.4 Å². The molecule has 156 valence electrons. The lowest BCUT2D eigenvalue weighted by Gasteiger charge is -2.42. The van der Waals surface area contributed by atoms with Crippen LogP contribution >= 0.6 is 0 Å². The summed E-state index contributed by atoms with van der Waals surface area (Å²) < 4.78 is 19.1. The van der Waals surface area contributed by atoms with Gasteiger partial charge in [-0.15, -0.1) is 0 Å². The lowest BCUT2D eigenvalue weighted by Crippen LogP contribution is -2.58. The summed E-state index contributed by atoms with van der Waals surface area (Å²) in [6, 6.07) is 6.53. The van der Waals surface area contributed by atoms with Crippen molar-refractivity contribution in [1.29, 1.82) is 0 Å². The number of hydrogen-bond donors (Lipinski definition) is 0. The zero-order valence-corrected chi connectivity index (χ0v) is 17.6. The molecule has 0 saturated carbocycles. The summed E-state index contributed by atoms with van der Waals surface area (Å²) in [4.78, 5) is 20.1. The highest BCUT2D eigenvalue weighted by Gasteiger charge is 2.36. The van der Waals surface area contributed by atoms with Gasteiger partial charge in [0.25, 0.3) is 0 Å². The molecule has 3 atom stereocenters. The van der Waals surface area contributed by atoms with Crippen molar-refractivity contribution in [3.63, 3.8) is 0 Å². The summed E-state index contributed by atoms with van der Waals surface area (Å²) in [5, 5.41) is 0. The number of benzene rings is 1. The van der Waals surface area contributed by atoms with Gasteiger partial charge in [0.15, 0.2) is 0 Å². The van der Waals surface area contributed by atoms with Crippen molar-refractivity contribution in [1.82, 2.24) is 9.80 Å². The standard InChI is InChI=1S/C22H34FN3O2/c1-16(2)21(26-14-17(3)28-18(4)15-26)22(27)25-11-5-10-24(12-13-25)20-8-6-19(23)7-9-20/h6-9,16-18,21H,5,10-15H2,1-4H3. The topological polar surface area (TPSA) is 36.0 Å². The minimum Gasteiger partial charge on any atom is -0.373 e. The smallest absolute Gasteiger partial charge is 0.240 e. The summed E-state index contributed by atoms with van der Waals surface area (Å²) in [5.74, 6) is 0.267. The summed E-state index contributed by atoms with van der Waals surface area (Å²) in [6.45, 7) is 13.2. The first-order valence-electron chi connectivity index (χ1n) is 10.5. The van der Waals surface area contributed by atoms with Crippen molar-refractivity contribution in [3.8, 4) is 0 Å². The Bertz CT molecular complexity index is 642. The van der Waals surface area contributed by atoms with Gasteiger partial charge in [0.1, 0.15) is 5.82 Å². The molecule has 3 rings (SSSR count). The first-order valence-corrected chi connectivity index (χ1v) is 10.5. The van der Waals surface area contributed by atoms with Crippen LogP contribution in [0.15, 0.2) is 24.3 Å². The quantitative estimate of drug-likeness (QED) is 0.791. The van der Waals surface area contributed by atoms with Crippen LogP contribution in [0, 0.1) is 11.7 Å². The van der Waals surface area contributed by atoms with Crippen LogP contribution in [0.25, 0.3) is 0 Å². The number of hydrogen-bond acceptors (Lipinski definition) is 4. The first kappa shape index (κ1) is 21.1. The molecule has 2 aliphatic heterocycles. The second kappa shape index (κ2) is 9.23. The van der Waals surface area contributed by atoms with Crippen LogP contribution in [0.3, 0.4) is 0 Å². The third-order valence-corrected chi connectivity index (χ3v) is 5.73. The van der Waals surface area contributed by atoms with Gasteiger partial charge >= 0.3 is 0 Å². The molecule has 28 heavy (non-hydrogen) atoms. The van der Waals surface area contributed by atoms with E-state index in [1.165, 1.54) is 12.1 Å². The van der Waals surface area contributed by atoms with E-state index < -0.39 is 0 Å². The maximum atomic E-state index is 13.5. The van der Waals surface area contributed by atoms with E-state index >= 15 is 0 Å². The number of halogens is 1. The number of carbonyl (C=O) groups excluding carboxylic acids is 1.